The highest BCUT2D eigenvalue weighted by molar-refractivity contribution is 8.02. The Morgan fingerprint density at radius 3 is 3.00 bits per heavy atom. The van der Waals surface area contributed by atoms with Gasteiger partial charge in [0.25, 0.3) is 0 Å². The van der Waals surface area contributed by atoms with Crippen LogP contribution in [0.1, 0.15) is 20.3 Å². The van der Waals surface area contributed by atoms with Crippen molar-refractivity contribution in [2.24, 2.45) is 0 Å². The first-order valence-corrected chi connectivity index (χ1v) is 9.01. The Morgan fingerprint density at radius 1 is 1.43 bits per heavy atom. The molecule has 1 aromatic heterocycles. The van der Waals surface area contributed by atoms with Gasteiger partial charge in [-0.25, -0.2) is 0 Å². The largest absolute Gasteiger partial charge is 0.497 e. The van der Waals surface area contributed by atoms with Gasteiger partial charge in [-0.3, -0.25) is 4.79 Å². The molecule has 8 heteroatoms. The molecule has 2 rings (SSSR count). The molecule has 0 saturated heterocycles. The summed E-state index contributed by atoms with van der Waals surface area (Å²) in [6.45, 7) is 4.59. The monoisotopic (exact) mass is 352 g/mol. The molecule has 2 aromatic rings. The molecule has 0 bridgehead atoms. The van der Waals surface area contributed by atoms with Gasteiger partial charge < -0.3 is 15.4 Å². The van der Waals surface area contributed by atoms with Gasteiger partial charge in [0.15, 0.2) is 4.34 Å². The van der Waals surface area contributed by atoms with E-state index in [4.69, 9.17) is 4.74 Å². The molecule has 23 heavy (non-hydrogen) atoms. The van der Waals surface area contributed by atoms with Crippen LogP contribution in [-0.4, -0.2) is 35.0 Å². The highest BCUT2D eigenvalue weighted by atomic mass is 32.2. The number of rotatable bonds is 8. The molecule has 124 valence electrons. The van der Waals surface area contributed by atoms with Crippen molar-refractivity contribution >= 4 is 39.8 Å². The quantitative estimate of drug-likeness (QED) is 0.710. The highest BCUT2D eigenvalue weighted by Gasteiger charge is 2.16. The van der Waals surface area contributed by atoms with Crippen molar-refractivity contribution < 1.29 is 9.53 Å². The predicted octanol–water partition coefficient (Wildman–Crippen LogP) is 3.30. The molecule has 6 nitrogen and oxygen atoms in total. The number of carbonyl (C=O) groups excluding carboxylic acids is 1. The van der Waals surface area contributed by atoms with E-state index in [1.54, 1.807) is 7.11 Å². The van der Waals surface area contributed by atoms with Crippen molar-refractivity contribution in [1.82, 2.24) is 15.5 Å². The van der Waals surface area contributed by atoms with Crippen LogP contribution < -0.4 is 15.4 Å². The standard InChI is InChI=1S/C15H20N4O2S2/c1-4-8-16-13(20)10(2)22-15-19-18-14(23-15)17-11-6-5-7-12(9-11)21-3/h5-7,9-10H,4,8H2,1-3H3,(H,16,20)(H,17,18). The second-order valence-corrected chi connectivity index (χ2v) is 7.35. The smallest absolute Gasteiger partial charge is 0.233 e. The summed E-state index contributed by atoms with van der Waals surface area (Å²) in [6, 6.07) is 7.59. The molecule has 0 fully saturated rings. The van der Waals surface area contributed by atoms with Crippen molar-refractivity contribution in [1.29, 1.82) is 0 Å². The lowest BCUT2D eigenvalue weighted by atomic mass is 10.3. The van der Waals surface area contributed by atoms with Gasteiger partial charge in [0.2, 0.25) is 11.0 Å². The van der Waals surface area contributed by atoms with Crippen molar-refractivity contribution in [2.75, 3.05) is 19.0 Å². The molecule has 1 heterocycles. The Kier molecular flexibility index (Phi) is 6.66. The number of anilines is 2. The number of hydrogen-bond donors (Lipinski definition) is 2. The molecule has 1 unspecified atom stereocenters. The van der Waals surface area contributed by atoms with E-state index in [2.05, 4.69) is 20.8 Å². The number of aromatic nitrogens is 2. The van der Waals surface area contributed by atoms with Gasteiger partial charge in [-0.1, -0.05) is 36.1 Å². The zero-order valence-corrected chi connectivity index (χ0v) is 15.0. The number of amides is 1. The van der Waals surface area contributed by atoms with Crippen molar-refractivity contribution in [2.45, 2.75) is 29.9 Å². The first-order chi connectivity index (χ1) is 11.1. The number of nitrogens with one attached hydrogen (secondary N) is 2. The Morgan fingerprint density at radius 2 is 2.26 bits per heavy atom. The molecular weight excluding hydrogens is 332 g/mol. The highest BCUT2D eigenvalue weighted by Crippen LogP contribution is 2.31. The third kappa shape index (κ3) is 5.40. The summed E-state index contributed by atoms with van der Waals surface area (Å²) < 4.78 is 5.95. The summed E-state index contributed by atoms with van der Waals surface area (Å²) in [4.78, 5) is 11.9. The second-order valence-electron chi connectivity index (χ2n) is 4.78. The lowest BCUT2D eigenvalue weighted by molar-refractivity contribution is -0.120. The van der Waals surface area contributed by atoms with E-state index in [1.807, 2.05) is 38.1 Å². The molecule has 0 spiro atoms. The SMILES string of the molecule is CCCNC(=O)C(C)Sc1nnc(Nc2cccc(OC)c2)s1. The Hall–Kier alpha value is -1.80. The van der Waals surface area contributed by atoms with E-state index < -0.39 is 0 Å². The maximum absolute atomic E-state index is 11.9. The summed E-state index contributed by atoms with van der Waals surface area (Å²) in [7, 11) is 1.63. The minimum absolute atomic E-state index is 0.0226. The lowest BCUT2D eigenvalue weighted by Crippen LogP contribution is -2.31. The van der Waals surface area contributed by atoms with Crippen LogP contribution in [0.15, 0.2) is 28.6 Å². The third-order valence-electron chi connectivity index (χ3n) is 2.92. The zero-order valence-electron chi connectivity index (χ0n) is 13.3. The normalized spacial score (nSPS) is 11.8. The van der Waals surface area contributed by atoms with E-state index in [-0.39, 0.29) is 11.2 Å². The average molecular weight is 352 g/mol. The van der Waals surface area contributed by atoms with Crippen molar-refractivity contribution in [3.05, 3.63) is 24.3 Å². The van der Waals surface area contributed by atoms with E-state index in [1.165, 1.54) is 23.1 Å². The Balaban J connectivity index is 1.93. The van der Waals surface area contributed by atoms with E-state index in [0.717, 1.165) is 22.2 Å². The van der Waals surface area contributed by atoms with Gasteiger partial charge in [0, 0.05) is 18.3 Å². The summed E-state index contributed by atoms with van der Waals surface area (Å²) in [6.07, 6.45) is 0.927. The molecule has 0 saturated carbocycles. The molecule has 0 aliphatic heterocycles. The van der Waals surface area contributed by atoms with Crippen molar-refractivity contribution in [3.63, 3.8) is 0 Å². The molecule has 1 amide bonds. The van der Waals surface area contributed by atoms with Crippen LogP contribution in [0, 0.1) is 0 Å². The minimum atomic E-state index is -0.195. The minimum Gasteiger partial charge on any atom is -0.497 e. The number of thioether (sulfide) groups is 1. The summed E-state index contributed by atoms with van der Waals surface area (Å²) >= 11 is 2.83. The van der Waals surface area contributed by atoms with Gasteiger partial charge in [-0.2, -0.15) is 0 Å². The lowest BCUT2D eigenvalue weighted by Gasteiger charge is -2.08. The van der Waals surface area contributed by atoms with Gasteiger partial charge in [0.05, 0.1) is 12.4 Å². The number of benzene rings is 1. The van der Waals surface area contributed by atoms with Crippen LogP contribution in [0.2, 0.25) is 0 Å². The van der Waals surface area contributed by atoms with Crippen LogP contribution >= 0.6 is 23.1 Å². The number of hydrogen-bond acceptors (Lipinski definition) is 7. The number of ether oxygens (including phenoxy) is 1. The van der Waals surface area contributed by atoms with E-state index in [9.17, 15) is 4.79 Å². The topological polar surface area (TPSA) is 76.1 Å². The Bertz CT molecular complexity index is 648. The number of nitrogens with zero attached hydrogens (tertiary/aromatic N) is 2. The molecule has 0 aliphatic rings. The summed E-state index contributed by atoms with van der Waals surface area (Å²) in [5.41, 5.74) is 0.880. The molecule has 1 atom stereocenters. The third-order valence-corrected chi connectivity index (χ3v) is 4.95. The zero-order chi connectivity index (χ0) is 16.7. The molecule has 1 aromatic carbocycles. The van der Waals surface area contributed by atoms with E-state index in [0.29, 0.717) is 11.7 Å². The van der Waals surface area contributed by atoms with Crippen LogP contribution in [0.25, 0.3) is 0 Å². The maximum atomic E-state index is 11.9. The van der Waals surface area contributed by atoms with E-state index >= 15 is 0 Å². The van der Waals surface area contributed by atoms with Gasteiger partial charge in [-0.15, -0.1) is 10.2 Å². The molecular formula is C15H20N4O2S2. The number of carbonyl (C=O) groups is 1. The summed E-state index contributed by atoms with van der Waals surface area (Å²) in [5, 5.41) is 14.8. The molecule has 2 N–H and O–H groups in total. The number of methoxy groups -OCH3 is 1. The maximum Gasteiger partial charge on any atom is 0.233 e. The van der Waals surface area contributed by atoms with Crippen LogP contribution in [0.5, 0.6) is 5.75 Å². The summed E-state index contributed by atoms with van der Waals surface area (Å²) in [5.74, 6) is 0.796. The van der Waals surface area contributed by atoms with Crippen LogP contribution in [-0.2, 0) is 4.79 Å². The fraction of sp³-hybridized carbons (Fsp3) is 0.400. The predicted molar refractivity (Wildman–Crippen MR) is 94.8 cm³/mol. The average Bonchev–Trinajstić information content (AvgIpc) is 2.99. The van der Waals surface area contributed by atoms with Crippen LogP contribution in [0.4, 0.5) is 10.8 Å². The Labute approximate surface area is 144 Å². The van der Waals surface area contributed by atoms with Gasteiger partial charge >= 0.3 is 0 Å². The van der Waals surface area contributed by atoms with Crippen LogP contribution in [0.3, 0.4) is 0 Å². The van der Waals surface area contributed by atoms with Crippen molar-refractivity contribution in [3.8, 4) is 5.75 Å². The second kappa shape index (κ2) is 8.73. The molecule has 0 radical (unpaired) electrons. The first kappa shape index (κ1) is 17.6. The fourth-order valence-electron chi connectivity index (χ4n) is 1.73. The van der Waals surface area contributed by atoms with Gasteiger partial charge in [0.1, 0.15) is 5.75 Å². The molecule has 0 aliphatic carbocycles. The first-order valence-electron chi connectivity index (χ1n) is 7.31. The van der Waals surface area contributed by atoms with Gasteiger partial charge in [-0.05, 0) is 25.5 Å². The fourth-order valence-corrected chi connectivity index (χ4v) is 3.67.